The number of nitrogens with one attached hydrogen (secondary N) is 1. The summed E-state index contributed by atoms with van der Waals surface area (Å²) in [7, 11) is 0. The van der Waals surface area contributed by atoms with Crippen molar-refractivity contribution in [3.8, 4) is 0 Å². The zero-order valence-electron chi connectivity index (χ0n) is 12.8. The van der Waals surface area contributed by atoms with Gasteiger partial charge in [0, 0.05) is 11.6 Å². The molecule has 3 heteroatoms. The Morgan fingerprint density at radius 3 is 2.80 bits per heavy atom. The molecule has 112 valence electrons. The van der Waals surface area contributed by atoms with E-state index in [1.54, 1.807) is 12.1 Å². The van der Waals surface area contributed by atoms with Crippen LogP contribution in [0, 0.1) is 11.2 Å². The van der Waals surface area contributed by atoms with Crippen molar-refractivity contribution in [2.24, 2.45) is 5.41 Å². The van der Waals surface area contributed by atoms with Crippen LogP contribution in [0.25, 0.3) is 0 Å². The Balaban J connectivity index is 1.98. The zero-order valence-corrected chi connectivity index (χ0v) is 12.8. The largest absolute Gasteiger partial charge is 0.372 e. The van der Waals surface area contributed by atoms with Gasteiger partial charge in [0.2, 0.25) is 0 Å². The molecule has 1 aromatic rings. The van der Waals surface area contributed by atoms with Crippen molar-refractivity contribution in [2.45, 2.75) is 58.8 Å². The molecule has 1 saturated carbocycles. The number of ether oxygens (including phenoxy) is 1. The molecule has 2 nitrogen and oxygen atoms in total. The third-order valence-corrected chi connectivity index (χ3v) is 4.21. The smallest absolute Gasteiger partial charge is 0.128 e. The van der Waals surface area contributed by atoms with Gasteiger partial charge in [0.05, 0.1) is 12.7 Å². The summed E-state index contributed by atoms with van der Waals surface area (Å²) < 4.78 is 19.7. The second kappa shape index (κ2) is 6.68. The SMILES string of the molecule is CCNC1CCC(C)(C)CC1OCc1ccccc1F. The summed E-state index contributed by atoms with van der Waals surface area (Å²) in [6.45, 7) is 8.00. The van der Waals surface area contributed by atoms with Crippen LogP contribution in [-0.4, -0.2) is 18.7 Å². The van der Waals surface area contributed by atoms with E-state index < -0.39 is 0 Å². The van der Waals surface area contributed by atoms with Crippen LogP contribution in [0.1, 0.15) is 45.6 Å². The Hall–Kier alpha value is -0.930. The molecule has 2 rings (SSSR count). The standard InChI is InChI=1S/C17H26FNO/c1-4-19-15-9-10-17(2,3)11-16(15)20-12-13-7-5-6-8-14(13)18/h5-8,15-16,19H,4,9-12H2,1-3H3. The van der Waals surface area contributed by atoms with Crippen LogP contribution in [0.4, 0.5) is 4.39 Å². The number of likely N-dealkylation sites (N-methyl/N-ethyl adjacent to an activating group) is 1. The van der Waals surface area contributed by atoms with Crippen LogP contribution in [-0.2, 0) is 11.3 Å². The van der Waals surface area contributed by atoms with Crippen molar-refractivity contribution in [2.75, 3.05) is 6.54 Å². The molecule has 2 atom stereocenters. The lowest BCUT2D eigenvalue weighted by molar-refractivity contribution is -0.0375. The summed E-state index contributed by atoms with van der Waals surface area (Å²) in [5, 5.41) is 3.50. The van der Waals surface area contributed by atoms with Gasteiger partial charge < -0.3 is 10.1 Å². The minimum Gasteiger partial charge on any atom is -0.372 e. The lowest BCUT2D eigenvalue weighted by Gasteiger charge is -2.41. The fraction of sp³-hybridized carbons (Fsp3) is 0.647. The molecule has 1 aliphatic carbocycles. The molecule has 0 aliphatic heterocycles. The number of benzene rings is 1. The van der Waals surface area contributed by atoms with Crippen LogP contribution in [0.5, 0.6) is 0 Å². The Morgan fingerprint density at radius 1 is 1.35 bits per heavy atom. The molecular formula is C17H26FNO. The van der Waals surface area contributed by atoms with Gasteiger partial charge in [-0.1, -0.05) is 39.0 Å². The Kier molecular flexibility index (Phi) is 5.17. The maximum Gasteiger partial charge on any atom is 0.128 e. The van der Waals surface area contributed by atoms with E-state index in [-0.39, 0.29) is 11.9 Å². The molecule has 1 aliphatic rings. The average molecular weight is 279 g/mol. The maximum absolute atomic E-state index is 13.6. The molecule has 20 heavy (non-hydrogen) atoms. The van der Waals surface area contributed by atoms with Gasteiger partial charge in [0.25, 0.3) is 0 Å². The van der Waals surface area contributed by atoms with E-state index in [1.807, 2.05) is 6.07 Å². The van der Waals surface area contributed by atoms with Crippen molar-refractivity contribution >= 4 is 0 Å². The molecule has 1 N–H and O–H groups in total. The van der Waals surface area contributed by atoms with E-state index in [4.69, 9.17) is 4.74 Å². The highest BCUT2D eigenvalue weighted by Gasteiger charge is 2.35. The molecule has 1 fully saturated rings. The van der Waals surface area contributed by atoms with Gasteiger partial charge in [-0.15, -0.1) is 0 Å². The Labute approximate surface area is 121 Å². The predicted octanol–water partition coefficient (Wildman–Crippen LogP) is 3.90. The second-order valence-electron chi connectivity index (χ2n) is 6.51. The summed E-state index contributed by atoms with van der Waals surface area (Å²) in [6, 6.07) is 7.25. The topological polar surface area (TPSA) is 21.3 Å². The van der Waals surface area contributed by atoms with Gasteiger partial charge in [-0.05, 0) is 37.3 Å². The van der Waals surface area contributed by atoms with Crippen LogP contribution < -0.4 is 5.32 Å². The van der Waals surface area contributed by atoms with Gasteiger partial charge >= 0.3 is 0 Å². The molecule has 0 amide bonds. The van der Waals surface area contributed by atoms with Crippen molar-refractivity contribution in [3.05, 3.63) is 35.6 Å². The molecule has 1 aromatic carbocycles. The zero-order chi connectivity index (χ0) is 14.6. The molecule has 0 spiro atoms. The predicted molar refractivity (Wildman–Crippen MR) is 80.1 cm³/mol. The molecule has 0 saturated heterocycles. The van der Waals surface area contributed by atoms with E-state index in [2.05, 4.69) is 26.1 Å². The van der Waals surface area contributed by atoms with E-state index >= 15 is 0 Å². The lowest BCUT2D eigenvalue weighted by atomic mass is 9.74. The van der Waals surface area contributed by atoms with Crippen LogP contribution in [0.15, 0.2) is 24.3 Å². The monoisotopic (exact) mass is 279 g/mol. The number of hydrogen-bond acceptors (Lipinski definition) is 2. The average Bonchev–Trinajstić information content (AvgIpc) is 2.40. The molecule has 0 radical (unpaired) electrons. The molecular weight excluding hydrogens is 253 g/mol. The highest BCUT2D eigenvalue weighted by molar-refractivity contribution is 5.16. The fourth-order valence-corrected chi connectivity index (χ4v) is 3.00. The summed E-state index contributed by atoms with van der Waals surface area (Å²) >= 11 is 0. The van der Waals surface area contributed by atoms with Crippen LogP contribution in [0.2, 0.25) is 0 Å². The first-order valence-electron chi connectivity index (χ1n) is 7.60. The fourth-order valence-electron chi connectivity index (χ4n) is 3.00. The minimum absolute atomic E-state index is 0.165. The summed E-state index contributed by atoms with van der Waals surface area (Å²) in [4.78, 5) is 0. The Morgan fingerprint density at radius 2 is 2.10 bits per heavy atom. The summed E-state index contributed by atoms with van der Waals surface area (Å²) in [6.07, 6.45) is 3.53. The first-order valence-corrected chi connectivity index (χ1v) is 7.60. The van der Waals surface area contributed by atoms with Crippen molar-refractivity contribution < 1.29 is 9.13 Å². The van der Waals surface area contributed by atoms with Gasteiger partial charge in [0.15, 0.2) is 0 Å². The highest BCUT2D eigenvalue weighted by Crippen LogP contribution is 2.37. The van der Waals surface area contributed by atoms with E-state index in [1.165, 1.54) is 12.5 Å². The molecule has 2 unspecified atom stereocenters. The van der Waals surface area contributed by atoms with E-state index in [0.717, 1.165) is 19.4 Å². The third kappa shape index (κ3) is 4.03. The molecule has 0 aromatic heterocycles. The van der Waals surface area contributed by atoms with Gasteiger partial charge in [-0.2, -0.15) is 0 Å². The van der Waals surface area contributed by atoms with Crippen molar-refractivity contribution in [3.63, 3.8) is 0 Å². The maximum atomic E-state index is 13.6. The quantitative estimate of drug-likeness (QED) is 0.882. The van der Waals surface area contributed by atoms with Crippen LogP contribution >= 0.6 is 0 Å². The first kappa shape index (κ1) is 15.5. The summed E-state index contributed by atoms with van der Waals surface area (Å²) in [5.41, 5.74) is 0.956. The number of halogens is 1. The third-order valence-electron chi connectivity index (χ3n) is 4.21. The van der Waals surface area contributed by atoms with E-state index in [9.17, 15) is 4.39 Å². The van der Waals surface area contributed by atoms with Crippen molar-refractivity contribution in [1.29, 1.82) is 0 Å². The lowest BCUT2D eigenvalue weighted by Crippen LogP contribution is -2.47. The van der Waals surface area contributed by atoms with Crippen molar-refractivity contribution in [1.82, 2.24) is 5.32 Å². The summed E-state index contributed by atoms with van der Waals surface area (Å²) in [5.74, 6) is -0.178. The number of rotatable bonds is 5. The highest BCUT2D eigenvalue weighted by atomic mass is 19.1. The molecule has 0 heterocycles. The molecule has 0 bridgehead atoms. The van der Waals surface area contributed by atoms with Gasteiger partial charge in [0.1, 0.15) is 5.82 Å². The minimum atomic E-state index is -0.178. The van der Waals surface area contributed by atoms with Gasteiger partial charge in [-0.3, -0.25) is 0 Å². The van der Waals surface area contributed by atoms with E-state index in [0.29, 0.717) is 23.6 Å². The normalized spacial score (nSPS) is 25.6. The number of hydrogen-bond donors (Lipinski definition) is 1. The Bertz CT molecular complexity index is 433. The van der Waals surface area contributed by atoms with Crippen LogP contribution in [0.3, 0.4) is 0 Å². The van der Waals surface area contributed by atoms with Gasteiger partial charge in [-0.25, -0.2) is 4.39 Å². The second-order valence-corrected chi connectivity index (χ2v) is 6.51. The first-order chi connectivity index (χ1) is 9.52.